The minimum absolute atomic E-state index is 0.156. The van der Waals surface area contributed by atoms with Crippen molar-refractivity contribution in [2.75, 3.05) is 6.61 Å². The lowest BCUT2D eigenvalue weighted by atomic mass is 10.4. The van der Waals surface area contributed by atoms with Crippen molar-refractivity contribution in [3.05, 3.63) is 12.7 Å². The van der Waals surface area contributed by atoms with E-state index in [0.29, 0.717) is 0 Å². The highest BCUT2D eigenvalue weighted by Gasteiger charge is 2.07. The monoisotopic (exact) mass is 220 g/mol. The minimum Gasteiger partial charge on any atom is -0.479 e. The molecule has 0 aliphatic rings. The molecule has 15 heavy (non-hydrogen) atoms. The standard InChI is InChI=1S/C6H10O3.C3H6O3/c1-3-4-9-6(8)5(2)7;1-2(4)3(5)6/h3,5,7H,1,4H2,2H3;2,4H,1H3,(H,5,6). The van der Waals surface area contributed by atoms with E-state index in [-0.39, 0.29) is 6.61 Å². The predicted octanol–water partition coefficient (Wildman–Crippen LogP) is -0.452. The summed E-state index contributed by atoms with van der Waals surface area (Å²) in [4.78, 5) is 19.8. The number of aliphatic carboxylic acids is 1. The van der Waals surface area contributed by atoms with Crippen LogP contribution in [0.25, 0.3) is 0 Å². The zero-order valence-corrected chi connectivity index (χ0v) is 8.71. The molecule has 2 unspecified atom stereocenters. The van der Waals surface area contributed by atoms with Gasteiger partial charge in [0.25, 0.3) is 0 Å². The third kappa shape index (κ3) is 12.6. The van der Waals surface area contributed by atoms with Gasteiger partial charge in [0.05, 0.1) is 0 Å². The molecule has 0 rings (SSSR count). The molecule has 0 aromatic carbocycles. The van der Waals surface area contributed by atoms with Gasteiger partial charge in [0.2, 0.25) is 0 Å². The Balaban J connectivity index is 0. The van der Waals surface area contributed by atoms with Crippen LogP contribution in [0.5, 0.6) is 0 Å². The van der Waals surface area contributed by atoms with Crippen molar-refractivity contribution < 1.29 is 29.6 Å². The average molecular weight is 220 g/mol. The molecule has 6 heteroatoms. The molecule has 0 heterocycles. The summed E-state index contributed by atoms with van der Waals surface area (Å²) in [5, 5.41) is 24.3. The van der Waals surface area contributed by atoms with Gasteiger partial charge in [-0.1, -0.05) is 12.7 Å². The van der Waals surface area contributed by atoms with Gasteiger partial charge in [-0.15, -0.1) is 0 Å². The lowest BCUT2D eigenvalue weighted by molar-refractivity contribution is -0.151. The predicted molar refractivity (Wildman–Crippen MR) is 52.2 cm³/mol. The first-order valence-corrected chi connectivity index (χ1v) is 4.19. The first-order chi connectivity index (χ1) is 6.82. The van der Waals surface area contributed by atoms with E-state index in [1.165, 1.54) is 19.9 Å². The zero-order chi connectivity index (χ0) is 12.4. The number of aliphatic hydroxyl groups excluding tert-OH is 2. The molecule has 0 bridgehead atoms. The SMILES string of the molecule is C=CCOC(=O)C(C)O.CC(O)C(=O)O. The number of aliphatic hydroxyl groups is 2. The van der Waals surface area contributed by atoms with Gasteiger partial charge < -0.3 is 20.1 Å². The Kier molecular flexibility index (Phi) is 9.81. The van der Waals surface area contributed by atoms with E-state index in [1.54, 1.807) is 0 Å². The van der Waals surface area contributed by atoms with Gasteiger partial charge in [0.1, 0.15) is 18.8 Å². The molecular weight excluding hydrogens is 204 g/mol. The van der Waals surface area contributed by atoms with Crippen LogP contribution >= 0.6 is 0 Å². The molecule has 0 saturated heterocycles. The van der Waals surface area contributed by atoms with E-state index in [2.05, 4.69) is 11.3 Å². The van der Waals surface area contributed by atoms with E-state index in [9.17, 15) is 9.59 Å². The fourth-order valence-corrected chi connectivity index (χ4v) is 0.262. The van der Waals surface area contributed by atoms with Crippen LogP contribution in [-0.2, 0) is 14.3 Å². The van der Waals surface area contributed by atoms with Crippen LogP contribution in [0.4, 0.5) is 0 Å². The molecule has 2 atom stereocenters. The molecule has 3 N–H and O–H groups in total. The number of carboxylic acids is 1. The van der Waals surface area contributed by atoms with Crippen LogP contribution in [0.3, 0.4) is 0 Å². The molecule has 88 valence electrons. The second-order valence-electron chi connectivity index (χ2n) is 2.61. The molecule has 6 nitrogen and oxygen atoms in total. The Labute approximate surface area is 87.8 Å². The maximum absolute atomic E-state index is 10.4. The number of hydrogen-bond acceptors (Lipinski definition) is 5. The Morgan fingerprint density at radius 3 is 1.93 bits per heavy atom. The maximum atomic E-state index is 10.4. The summed E-state index contributed by atoms with van der Waals surface area (Å²) in [6, 6.07) is 0. The molecule has 0 fully saturated rings. The number of rotatable bonds is 4. The lowest BCUT2D eigenvalue weighted by Gasteiger charge is -2.01. The molecule has 0 aromatic rings. The van der Waals surface area contributed by atoms with Crippen molar-refractivity contribution in [3.63, 3.8) is 0 Å². The molecule has 0 spiro atoms. The van der Waals surface area contributed by atoms with E-state index < -0.39 is 24.1 Å². The highest BCUT2D eigenvalue weighted by Crippen LogP contribution is 1.85. The molecule has 0 amide bonds. The van der Waals surface area contributed by atoms with E-state index in [0.717, 1.165) is 0 Å². The van der Waals surface area contributed by atoms with Crippen LogP contribution < -0.4 is 0 Å². The summed E-state index contributed by atoms with van der Waals surface area (Å²) in [5.41, 5.74) is 0. The Hall–Kier alpha value is -1.40. The second-order valence-corrected chi connectivity index (χ2v) is 2.61. The number of ether oxygens (including phenoxy) is 1. The smallest absolute Gasteiger partial charge is 0.334 e. The summed E-state index contributed by atoms with van der Waals surface area (Å²) in [7, 11) is 0. The number of carboxylic acid groups (broad SMARTS) is 1. The lowest BCUT2D eigenvalue weighted by Crippen LogP contribution is -2.19. The van der Waals surface area contributed by atoms with E-state index in [1.807, 2.05) is 0 Å². The topological polar surface area (TPSA) is 104 Å². The Morgan fingerprint density at radius 1 is 1.33 bits per heavy atom. The van der Waals surface area contributed by atoms with Gasteiger partial charge in [-0.3, -0.25) is 0 Å². The number of carbonyl (C=O) groups is 2. The highest BCUT2D eigenvalue weighted by molar-refractivity contribution is 5.73. The Morgan fingerprint density at radius 2 is 1.73 bits per heavy atom. The van der Waals surface area contributed by atoms with Crippen LogP contribution in [0.15, 0.2) is 12.7 Å². The molecule has 0 aliphatic carbocycles. The van der Waals surface area contributed by atoms with Gasteiger partial charge >= 0.3 is 11.9 Å². The van der Waals surface area contributed by atoms with Crippen molar-refractivity contribution >= 4 is 11.9 Å². The van der Waals surface area contributed by atoms with Crippen molar-refractivity contribution in [3.8, 4) is 0 Å². The van der Waals surface area contributed by atoms with Crippen LogP contribution in [0.2, 0.25) is 0 Å². The van der Waals surface area contributed by atoms with Gasteiger partial charge in [-0.25, -0.2) is 9.59 Å². The number of esters is 1. The first-order valence-electron chi connectivity index (χ1n) is 4.19. The average Bonchev–Trinajstić information content (AvgIpc) is 2.14. The molecule has 0 radical (unpaired) electrons. The summed E-state index contributed by atoms with van der Waals surface area (Å²) in [6.45, 7) is 6.04. The van der Waals surface area contributed by atoms with Crippen molar-refractivity contribution in [2.45, 2.75) is 26.1 Å². The molecule has 0 aliphatic heterocycles. The number of hydrogen-bond donors (Lipinski definition) is 3. The van der Waals surface area contributed by atoms with Crippen molar-refractivity contribution in [1.29, 1.82) is 0 Å². The molecule has 0 aromatic heterocycles. The van der Waals surface area contributed by atoms with Crippen LogP contribution in [0.1, 0.15) is 13.8 Å². The van der Waals surface area contributed by atoms with Crippen LogP contribution in [-0.4, -0.2) is 46.1 Å². The normalized spacial score (nSPS) is 12.8. The fourth-order valence-electron chi connectivity index (χ4n) is 0.262. The fraction of sp³-hybridized carbons (Fsp3) is 0.556. The summed E-state index contributed by atoms with van der Waals surface area (Å²) in [5.74, 6) is -1.80. The van der Waals surface area contributed by atoms with Gasteiger partial charge in [0.15, 0.2) is 0 Å². The second kappa shape index (κ2) is 9.17. The maximum Gasteiger partial charge on any atom is 0.334 e. The summed E-state index contributed by atoms with van der Waals surface area (Å²) < 4.78 is 4.45. The molecular formula is C9H16O6. The van der Waals surface area contributed by atoms with Crippen LogP contribution in [0, 0.1) is 0 Å². The minimum atomic E-state index is -1.23. The summed E-state index contributed by atoms with van der Waals surface area (Å²) >= 11 is 0. The van der Waals surface area contributed by atoms with Crippen molar-refractivity contribution in [1.82, 2.24) is 0 Å². The zero-order valence-electron chi connectivity index (χ0n) is 8.71. The van der Waals surface area contributed by atoms with Gasteiger partial charge in [0, 0.05) is 0 Å². The van der Waals surface area contributed by atoms with Gasteiger partial charge in [-0.2, -0.15) is 0 Å². The third-order valence-electron chi connectivity index (χ3n) is 1.04. The van der Waals surface area contributed by atoms with Gasteiger partial charge in [-0.05, 0) is 13.8 Å². The van der Waals surface area contributed by atoms with Crippen molar-refractivity contribution in [2.24, 2.45) is 0 Å². The summed E-state index contributed by atoms with van der Waals surface area (Å²) in [6.07, 6.45) is -0.824. The largest absolute Gasteiger partial charge is 0.479 e. The highest BCUT2D eigenvalue weighted by atomic mass is 16.5. The Bertz CT molecular complexity index is 209. The molecule has 0 saturated carbocycles. The van der Waals surface area contributed by atoms with E-state index >= 15 is 0 Å². The number of carbonyl (C=O) groups excluding carboxylic acids is 1. The quantitative estimate of drug-likeness (QED) is 0.438. The first kappa shape index (κ1) is 16.0. The van der Waals surface area contributed by atoms with E-state index in [4.69, 9.17) is 15.3 Å². The third-order valence-corrected chi connectivity index (χ3v) is 1.04.